The first kappa shape index (κ1) is 16.1. The predicted octanol–water partition coefficient (Wildman–Crippen LogP) is 3.55. The molecule has 22 heavy (non-hydrogen) atoms. The Balaban J connectivity index is 2.18. The van der Waals surface area contributed by atoms with Crippen molar-refractivity contribution in [2.75, 3.05) is 11.9 Å². The molecule has 0 aromatic heterocycles. The van der Waals surface area contributed by atoms with Crippen molar-refractivity contribution in [1.29, 1.82) is 0 Å². The Hall–Kier alpha value is -2.28. The fourth-order valence-corrected chi connectivity index (χ4v) is 2.23. The van der Waals surface area contributed by atoms with Crippen LogP contribution in [0.1, 0.15) is 17.2 Å². The Morgan fingerprint density at radius 3 is 2.64 bits per heavy atom. The van der Waals surface area contributed by atoms with Gasteiger partial charge in [-0.05, 0) is 30.2 Å². The maximum atomic E-state index is 12.5. The maximum Gasteiger partial charge on any atom is 0.246 e. The van der Waals surface area contributed by atoms with Crippen LogP contribution in [0.4, 0.5) is 5.69 Å². The van der Waals surface area contributed by atoms with E-state index in [1.165, 1.54) is 0 Å². The molecule has 2 rings (SSSR count). The predicted molar refractivity (Wildman–Crippen MR) is 90.8 cm³/mol. The lowest BCUT2D eigenvalue weighted by molar-refractivity contribution is -0.118. The highest BCUT2D eigenvalue weighted by Gasteiger charge is 2.19. The highest BCUT2D eigenvalue weighted by atomic mass is 35.5. The second-order valence-electron chi connectivity index (χ2n) is 4.88. The Morgan fingerprint density at radius 1 is 1.27 bits per heavy atom. The number of halogens is 1. The van der Waals surface area contributed by atoms with E-state index in [1.54, 1.807) is 6.07 Å². The van der Waals surface area contributed by atoms with E-state index in [2.05, 4.69) is 16.6 Å². The Morgan fingerprint density at radius 2 is 2.00 bits per heavy atom. The summed E-state index contributed by atoms with van der Waals surface area (Å²) in [7, 11) is 0. The van der Waals surface area contributed by atoms with Crippen LogP contribution in [0, 0.1) is 19.3 Å². The number of aryl methyl sites for hydroxylation is 1. The van der Waals surface area contributed by atoms with Gasteiger partial charge in [-0.3, -0.25) is 10.1 Å². The lowest BCUT2D eigenvalue weighted by atomic mass is 10.1. The zero-order chi connectivity index (χ0) is 15.9. The van der Waals surface area contributed by atoms with Gasteiger partial charge in [0.1, 0.15) is 6.04 Å². The molecule has 0 spiro atoms. The molecule has 0 fully saturated rings. The first-order valence-electron chi connectivity index (χ1n) is 6.90. The zero-order valence-electron chi connectivity index (χ0n) is 12.3. The highest BCUT2D eigenvalue weighted by Crippen LogP contribution is 2.21. The van der Waals surface area contributed by atoms with Crippen molar-refractivity contribution in [3.8, 4) is 12.3 Å². The second kappa shape index (κ2) is 7.65. The molecule has 0 bridgehead atoms. The van der Waals surface area contributed by atoms with Gasteiger partial charge in [0.15, 0.2) is 0 Å². The molecule has 2 aromatic rings. The summed E-state index contributed by atoms with van der Waals surface area (Å²) in [6.07, 6.45) is 5.28. The summed E-state index contributed by atoms with van der Waals surface area (Å²) >= 11 is 6.08. The fourth-order valence-electron chi connectivity index (χ4n) is 2.05. The van der Waals surface area contributed by atoms with E-state index >= 15 is 0 Å². The number of hydrogen-bond donors (Lipinski definition) is 2. The van der Waals surface area contributed by atoms with Gasteiger partial charge < -0.3 is 5.32 Å². The minimum atomic E-state index is -0.516. The molecule has 0 saturated carbocycles. The monoisotopic (exact) mass is 312 g/mol. The number of anilines is 1. The number of benzene rings is 2. The third-order valence-corrected chi connectivity index (χ3v) is 3.65. The van der Waals surface area contributed by atoms with Crippen LogP contribution in [-0.2, 0) is 4.79 Å². The van der Waals surface area contributed by atoms with Crippen LogP contribution < -0.4 is 10.6 Å². The van der Waals surface area contributed by atoms with E-state index in [9.17, 15) is 4.79 Å². The zero-order valence-corrected chi connectivity index (χ0v) is 13.0. The van der Waals surface area contributed by atoms with Crippen molar-refractivity contribution in [1.82, 2.24) is 5.32 Å². The molecule has 0 radical (unpaired) electrons. The van der Waals surface area contributed by atoms with Crippen LogP contribution in [0.2, 0.25) is 5.02 Å². The minimum absolute atomic E-state index is 0.179. The Bertz CT molecular complexity index is 692. The largest absolute Gasteiger partial charge is 0.324 e. The van der Waals surface area contributed by atoms with E-state index in [4.69, 9.17) is 18.0 Å². The van der Waals surface area contributed by atoms with Crippen molar-refractivity contribution >= 4 is 23.2 Å². The summed E-state index contributed by atoms with van der Waals surface area (Å²) in [6.45, 7) is 2.22. The fraction of sp³-hybridized carbons (Fsp3) is 0.167. The van der Waals surface area contributed by atoms with E-state index in [0.29, 0.717) is 17.3 Å². The Labute approximate surface area is 135 Å². The van der Waals surface area contributed by atoms with E-state index in [1.807, 2.05) is 49.4 Å². The molecular formula is C18H17ClN2O. The second-order valence-corrected chi connectivity index (χ2v) is 5.29. The van der Waals surface area contributed by atoms with Crippen LogP contribution in [0.3, 0.4) is 0 Å². The lowest BCUT2D eigenvalue weighted by Crippen LogP contribution is -2.33. The molecule has 0 aliphatic heterocycles. The van der Waals surface area contributed by atoms with Gasteiger partial charge in [0.2, 0.25) is 5.91 Å². The third kappa shape index (κ3) is 4.11. The van der Waals surface area contributed by atoms with Gasteiger partial charge in [-0.1, -0.05) is 53.9 Å². The maximum absolute atomic E-state index is 12.5. The molecule has 1 amide bonds. The molecular weight excluding hydrogens is 296 g/mol. The van der Waals surface area contributed by atoms with Crippen molar-refractivity contribution in [3.63, 3.8) is 0 Å². The SMILES string of the molecule is C#CCN[C@@H](C(=O)Nc1ccc(C)c(Cl)c1)c1ccccc1. The van der Waals surface area contributed by atoms with Crippen LogP contribution in [0.5, 0.6) is 0 Å². The Kier molecular flexibility index (Phi) is 5.60. The molecule has 0 aliphatic rings. The van der Waals surface area contributed by atoms with Crippen molar-refractivity contribution in [2.45, 2.75) is 13.0 Å². The average Bonchev–Trinajstić information content (AvgIpc) is 2.52. The minimum Gasteiger partial charge on any atom is -0.324 e. The van der Waals surface area contributed by atoms with E-state index in [-0.39, 0.29) is 5.91 Å². The van der Waals surface area contributed by atoms with Gasteiger partial charge in [-0.25, -0.2) is 0 Å². The molecule has 3 nitrogen and oxygen atoms in total. The molecule has 2 N–H and O–H groups in total. The quantitative estimate of drug-likeness (QED) is 0.829. The lowest BCUT2D eigenvalue weighted by Gasteiger charge is -2.18. The van der Waals surface area contributed by atoms with Crippen LogP contribution >= 0.6 is 11.6 Å². The normalized spacial score (nSPS) is 11.5. The summed E-state index contributed by atoms with van der Waals surface area (Å²) in [5.74, 6) is 2.31. The number of amides is 1. The number of nitrogens with one attached hydrogen (secondary N) is 2. The number of carbonyl (C=O) groups is 1. The number of terminal acetylenes is 1. The van der Waals surface area contributed by atoms with Gasteiger partial charge in [0.05, 0.1) is 6.54 Å². The molecule has 4 heteroatoms. The van der Waals surface area contributed by atoms with Gasteiger partial charge in [-0.15, -0.1) is 6.42 Å². The van der Waals surface area contributed by atoms with Gasteiger partial charge in [0, 0.05) is 10.7 Å². The molecule has 0 saturated heterocycles. The van der Waals surface area contributed by atoms with Gasteiger partial charge in [0.25, 0.3) is 0 Å². The van der Waals surface area contributed by atoms with Crippen LogP contribution in [0.15, 0.2) is 48.5 Å². The number of carbonyl (C=O) groups excluding carboxylic acids is 1. The highest BCUT2D eigenvalue weighted by molar-refractivity contribution is 6.31. The molecule has 0 unspecified atom stereocenters. The summed E-state index contributed by atoms with van der Waals surface area (Å²) in [6, 6.07) is 14.3. The standard InChI is InChI=1S/C18H17ClN2O/c1-3-11-20-17(14-7-5-4-6-8-14)18(22)21-15-10-9-13(2)16(19)12-15/h1,4-10,12,17,20H,11H2,2H3,(H,21,22)/t17-/m1/s1. The van der Waals surface area contributed by atoms with E-state index in [0.717, 1.165) is 11.1 Å². The van der Waals surface area contributed by atoms with Gasteiger partial charge in [-0.2, -0.15) is 0 Å². The number of hydrogen-bond acceptors (Lipinski definition) is 2. The first-order valence-corrected chi connectivity index (χ1v) is 7.28. The van der Waals surface area contributed by atoms with Crippen molar-refractivity contribution in [3.05, 3.63) is 64.7 Å². The molecule has 2 aromatic carbocycles. The summed E-state index contributed by atoms with van der Waals surface area (Å²) in [5.41, 5.74) is 2.47. The van der Waals surface area contributed by atoms with Gasteiger partial charge >= 0.3 is 0 Å². The topological polar surface area (TPSA) is 41.1 Å². The van der Waals surface area contributed by atoms with E-state index < -0.39 is 6.04 Å². The molecule has 0 aliphatic carbocycles. The summed E-state index contributed by atoms with van der Waals surface area (Å²) in [5, 5.41) is 6.53. The smallest absolute Gasteiger partial charge is 0.246 e. The number of rotatable bonds is 5. The molecule has 1 atom stereocenters. The average molecular weight is 313 g/mol. The third-order valence-electron chi connectivity index (χ3n) is 3.24. The molecule has 0 heterocycles. The summed E-state index contributed by atoms with van der Waals surface area (Å²) in [4.78, 5) is 12.5. The first-order chi connectivity index (χ1) is 10.6. The van der Waals surface area contributed by atoms with Crippen LogP contribution in [0.25, 0.3) is 0 Å². The van der Waals surface area contributed by atoms with Crippen molar-refractivity contribution < 1.29 is 4.79 Å². The van der Waals surface area contributed by atoms with Crippen molar-refractivity contribution in [2.24, 2.45) is 0 Å². The van der Waals surface area contributed by atoms with Crippen LogP contribution in [-0.4, -0.2) is 12.5 Å². The summed E-state index contributed by atoms with van der Waals surface area (Å²) < 4.78 is 0. The molecule has 112 valence electrons.